The van der Waals surface area contributed by atoms with Crippen molar-refractivity contribution in [2.24, 2.45) is 0 Å². The molecule has 0 aromatic heterocycles. The number of rotatable bonds is 8. The van der Waals surface area contributed by atoms with E-state index in [1.165, 1.54) is 36.4 Å². The molecule has 32 heavy (non-hydrogen) atoms. The Balaban J connectivity index is 1.83. The summed E-state index contributed by atoms with van der Waals surface area (Å²) in [6, 6.07) is 19.5. The molecule has 0 atom stereocenters. The van der Waals surface area contributed by atoms with E-state index >= 15 is 0 Å². The third kappa shape index (κ3) is 6.02. The Morgan fingerprint density at radius 1 is 0.938 bits per heavy atom. The molecule has 3 aromatic rings. The zero-order chi connectivity index (χ0) is 23.3. The third-order valence-corrected chi connectivity index (χ3v) is 6.92. The number of hydrogen-bond acceptors (Lipinski definition) is 3. The van der Waals surface area contributed by atoms with Gasteiger partial charge in [0.25, 0.3) is 0 Å². The fourth-order valence-electron chi connectivity index (χ4n) is 3.19. The van der Waals surface area contributed by atoms with Crippen LogP contribution in [-0.2, 0) is 21.4 Å². The van der Waals surface area contributed by atoms with Crippen LogP contribution in [0.2, 0.25) is 0 Å². The van der Waals surface area contributed by atoms with Crippen molar-refractivity contribution in [3.63, 3.8) is 0 Å². The first-order valence-electron chi connectivity index (χ1n) is 10.4. The van der Waals surface area contributed by atoms with Gasteiger partial charge >= 0.3 is 0 Å². The predicted octanol–water partition coefficient (Wildman–Crippen LogP) is 5.09. The highest BCUT2D eigenvalue weighted by Crippen LogP contribution is 2.21. The number of nitrogens with zero attached hydrogens (tertiary/aromatic N) is 1. The van der Waals surface area contributed by atoms with E-state index in [9.17, 15) is 17.6 Å². The van der Waals surface area contributed by atoms with E-state index in [4.69, 9.17) is 0 Å². The summed E-state index contributed by atoms with van der Waals surface area (Å²) >= 11 is 0. The van der Waals surface area contributed by atoms with Crippen LogP contribution in [0.4, 0.5) is 10.1 Å². The molecule has 168 valence electrons. The van der Waals surface area contributed by atoms with E-state index in [2.05, 4.69) is 19.2 Å². The molecule has 0 fully saturated rings. The lowest BCUT2D eigenvalue weighted by Gasteiger charge is -2.22. The van der Waals surface area contributed by atoms with Gasteiger partial charge in [0.15, 0.2) is 0 Å². The zero-order valence-electron chi connectivity index (χ0n) is 18.4. The Hall–Kier alpha value is -3.03. The van der Waals surface area contributed by atoms with E-state index < -0.39 is 21.7 Å². The van der Waals surface area contributed by atoms with Crippen molar-refractivity contribution in [3.05, 3.63) is 95.3 Å². The summed E-state index contributed by atoms with van der Waals surface area (Å²) in [6.45, 7) is 5.59. The smallest absolute Gasteiger partial charge is 0.243 e. The van der Waals surface area contributed by atoms with Crippen molar-refractivity contribution in [2.75, 3.05) is 11.9 Å². The van der Waals surface area contributed by atoms with E-state index in [-0.39, 0.29) is 18.0 Å². The van der Waals surface area contributed by atoms with Gasteiger partial charge in [-0.3, -0.25) is 4.79 Å². The molecule has 3 aromatic carbocycles. The van der Waals surface area contributed by atoms with Crippen LogP contribution in [0.25, 0.3) is 0 Å². The van der Waals surface area contributed by atoms with E-state index in [1.807, 2.05) is 19.1 Å². The van der Waals surface area contributed by atoms with Gasteiger partial charge in [-0.05, 0) is 60.4 Å². The Morgan fingerprint density at radius 2 is 1.53 bits per heavy atom. The van der Waals surface area contributed by atoms with Gasteiger partial charge in [-0.25, -0.2) is 12.8 Å². The first-order chi connectivity index (χ1) is 15.1. The summed E-state index contributed by atoms with van der Waals surface area (Å²) < 4.78 is 41.0. The van der Waals surface area contributed by atoms with Crippen LogP contribution in [0, 0.1) is 12.7 Å². The second-order valence-electron chi connectivity index (χ2n) is 8.04. The predicted molar refractivity (Wildman–Crippen MR) is 124 cm³/mol. The molecule has 0 aliphatic rings. The number of sulfonamides is 1. The SMILES string of the molecule is Cc1ccc(S(=O)(=O)N(CC(=O)Nc2ccc(C(C)C)cc2)Cc2ccc(F)cc2)cc1. The van der Waals surface area contributed by atoms with Gasteiger partial charge in [-0.2, -0.15) is 4.31 Å². The monoisotopic (exact) mass is 454 g/mol. The number of aryl methyl sites for hydroxylation is 1. The Morgan fingerprint density at radius 3 is 2.09 bits per heavy atom. The van der Waals surface area contributed by atoms with Gasteiger partial charge in [-0.1, -0.05) is 55.8 Å². The molecule has 0 heterocycles. The second-order valence-corrected chi connectivity index (χ2v) is 9.98. The van der Waals surface area contributed by atoms with E-state index in [1.54, 1.807) is 24.3 Å². The van der Waals surface area contributed by atoms with Gasteiger partial charge in [0, 0.05) is 12.2 Å². The molecule has 0 radical (unpaired) electrons. The number of amides is 1. The van der Waals surface area contributed by atoms with Crippen LogP contribution in [0.3, 0.4) is 0 Å². The molecular weight excluding hydrogens is 427 g/mol. The number of anilines is 1. The minimum absolute atomic E-state index is 0.0593. The van der Waals surface area contributed by atoms with Crippen molar-refractivity contribution in [1.82, 2.24) is 4.31 Å². The third-order valence-electron chi connectivity index (χ3n) is 5.11. The van der Waals surface area contributed by atoms with Gasteiger partial charge in [0.2, 0.25) is 15.9 Å². The molecule has 7 heteroatoms. The minimum atomic E-state index is -3.95. The number of carbonyl (C=O) groups is 1. The number of halogens is 1. The fourth-order valence-corrected chi connectivity index (χ4v) is 4.58. The highest BCUT2D eigenvalue weighted by atomic mass is 32.2. The summed E-state index contributed by atoms with van der Waals surface area (Å²) in [5, 5.41) is 2.76. The van der Waals surface area contributed by atoms with Crippen molar-refractivity contribution in [1.29, 1.82) is 0 Å². The van der Waals surface area contributed by atoms with Gasteiger partial charge in [-0.15, -0.1) is 0 Å². The number of nitrogens with one attached hydrogen (secondary N) is 1. The number of hydrogen-bond donors (Lipinski definition) is 1. The average Bonchev–Trinajstić information content (AvgIpc) is 2.75. The van der Waals surface area contributed by atoms with Crippen molar-refractivity contribution < 1.29 is 17.6 Å². The van der Waals surface area contributed by atoms with Crippen LogP contribution in [0.5, 0.6) is 0 Å². The highest BCUT2D eigenvalue weighted by Gasteiger charge is 2.27. The molecule has 0 saturated heterocycles. The standard InChI is InChI=1S/C25H27FN2O3S/c1-18(2)21-8-12-23(13-9-21)27-25(29)17-28(16-20-6-10-22(26)11-7-20)32(30,31)24-14-4-19(3)5-15-24/h4-15,18H,16-17H2,1-3H3,(H,27,29). The molecule has 0 aliphatic heterocycles. The Bertz CT molecular complexity index is 1160. The normalized spacial score (nSPS) is 11.7. The summed E-state index contributed by atoms with van der Waals surface area (Å²) in [7, 11) is -3.95. The van der Waals surface area contributed by atoms with Crippen LogP contribution < -0.4 is 5.32 Å². The molecular formula is C25H27FN2O3S. The first kappa shape index (κ1) is 23.6. The van der Waals surface area contributed by atoms with Crippen LogP contribution in [0.15, 0.2) is 77.7 Å². The van der Waals surface area contributed by atoms with E-state index in [0.717, 1.165) is 15.4 Å². The van der Waals surface area contributed by atoms with Gasteiger partial charge in [0.05, 0.1) is 11.4 Å². The second kappa shape index (κ2) is 10.1. The molecule has 0 bridgehead atoms. The molecule has 0 saturated carbocycles. The van der Waals surface area contributed by atoms with Crippen molar-refractivity contribution in [3.8, 4) is 0 Å². The molecule has 1 amide bonds. The lowest BCUT2D eigenvalue weighted by molar-refractivity contribution is -0.116. The summed E-state index contributed by atoms with van der Waals surface area (Å²) in [4.78, 5) is 12.8. The van der Waals surface area contributed by atoms with Crippen molar-refractivity contribution >= 4 is 21.6 Å². The Labute approximate surface area is 188 Å². The maximum absolute atomic E-state index is 13.3. The van der Waals surface area contributed by atoms with Crippen LogP contribution >= 0.6 is 0 Å². The van der Waals surface area contributed by atoms with E-state index in [0.29, 0.717) is 17.2 Å². The lowest BCUT2D eigenvalue weighted by Crippen LogP contribution is -2.37. The molecule has 3 rings (SSSR count). The summed E-state index contributed by atoms with van der Waals surface area (Å²) in [6.07, 6.45) is 0. The average molecular weight is 455 g/mol. The highest BCUT2D eigenvalue weighted by molar-refractivity contribution is 7.89. The topological polar surface area (TPSA) is 66.5 Å². The molecule has 0 spiro atoms. The summed E-state index contributed by atoms with van der Waals surface area (Å²) in [5.74, 6) is -0.505. The Kier molecular flexibility index (Phi) is 7.43. The maximum atomic E-state index is 13.3. The van der Waals surface area contributed by atoms with Gasteiger partial charge < -0.3 is 5.32 Å². The molecule has 5 nitrogen and oxygen atoms in total. The first-order valence-corrected chi connectivity index (χ1v) is 11.8. The minimum Gasteiger partial charge on any atom is -0.325 e. The van der Waals surface area contributed by atoms with Gasteiger partial charge in [0.1, 0.15) is 5.82 Å². The molecule has 0 unspecified atom stereocenters. The van der Waals surface area contributed by atoms with Crippen LogP contribution in [-0.4, -0.2) is 25.2 Å². The van der Waals surface area contributed by atoms with Crippen molar-refractivity contribution in [2.45, 2.75) is 38.1 Å². The van der Waals surface area contributed by atoms with Crippen LogP contribution in [0.1, 0.15) is 36.5 Å². The maximum Gasteiger partial charge on any atom is 0.243 e. The number of carbonyl (C=O) groups excluding carboxylic acids is 1. The quantitative estimate of drug-likeness (QED) is 0.516. The zero-order valence-corrected chi connectivity index (χ0v) is 19.2. The summed E-state index contributed by atoms with van der Waals surface area (Å²) in [5.41, 5.74) is 3.24. The fraction of sp³-hybridized carbons (Fsp3) is 0.240. The number of benzene rings is 3. The largest absolute Gasteiger partial charge is 0.325 e. The molecule has 0 aliphatic carbocycles. The lowest BCUT2D eigenvalue weighted by atomic mass is 10.0. The molecule has 1 N–H and O–H groups in total.